The lowest BCUT2D eigenvalue weighted by Gasteiger charge is -2.38. The van der Waals surface area contributed by atoms with Crippen LogP contribution in [0.15, 0.2) is 76.3 Å². The van der Waals surface area contributed by atoms with Gasteiger partial charge in [-0.3, -0.25) is 0 Å². The summed E-state index contributed by atoms with van der Waals surface area (Å²) in [6.45, 7) is 0. The van der Waals surface area contributed by atoms with Gasteiger partial charge in [-0.05, 0) is 36.4 Å². The Bertz CT molecular complexity index is 1130. The van der Waals surface area contributed by atoms with Crippen LogP contribution in [0, 0.1) is 0 Å². The third-order valence-corrected chi connectivity index (χ3v) is 6.04. The van der Waals surface area contributed by atoms with Gasteiger partial charge in [0, 0.05) is 27.6 Å². The first kappa shape index (κ1) is 19.0. The first-order chi connectivity index (χ1) is 14.7. The Morgan fingerprint density at radius 2 is 1.80 bits per heavy atom. The van der Waals surface area contributed by atoms with Crippen molar-refractivity contribution in [1.82, 2.24) is 5.01 Å². The van der Waals surface area contributed by atoms with Crippen LogP contribution in [-0.2, 0) is 0 Å². The SMILES string of the molecule is COc1ccc(C2=NN3[C@@H](C2)c2ccccc2O[C@H]3c2cccc(Br)c2)cc1OC. The summed E-state index contributed by atoms with van der Waals surface area (Å²) in [4.78, 5) is 0. The minimum atomic E-state index is -0.292. The van der Waals surface area contributed by atoms with E-state index in [1.54, 1.807) is 14.2 Å². The van der Waals surface area contributed by atoms with E-state index in [2.05, 4.69) is 39.1 Å². The number of halogens is 1. The van der Waals surface area contributed by atoms with Gasteiger partial charge in [-0.1, -0.05) is 46.3 Å². The Morgan fingerprint density at radius 3 is 2.60 bits per heavy atom. The van der Waals surface area contributed by atoms with Crippen LogP contribution in [0.25, 0.3) is 0 Å². The van der Waals surface area contributed by atoms with E-state index in [0.717, 1.165) is 39.0 Å². The van der Waals surface area contributed by atoms with Gasteiger partial charge in [0.2, 0.25) is 6.23 Å². The second-order valence-electron chi connectivity index (χ2n) is 7.28. The predicted octanol–water partition coefficient (Wildman–Crippen LogP) is 5.71. The first-order valence-corrected chi connectivity index (χ1v) is 10.6. The molecule has 2 atom stereocenters. The predicted molar refractivity (Wildman–Crippen MR) is 119 cm³/mol. The zero-order chi connectivity index (χ0) is 20.7. The summed E-state index contributed by atoms with van der Waals surface area (Å²) in [5, 5.41) is 7.09. The highest BCUT2D eigenvalue weighted by Gasteiger charge is 2.40. The quantitative estimate of drug-likeness (QED) is 0.495. The number of fused-ring (bicyclic) bond motifs is 3. The first-order valence-electron chi connectivity index (χ1n) is 9.77. The number of hydrazone groups is 1. The van der Waals surface area contributed by atoms with Crippen LogP contribution in [0.4, 0.5) is 0 Å². The maximum Gasteiger partial charge on any atom is 0.213 e. The molecule has 6 heteroatoms. The molecule has 2 aliphatic rings. The molecule has 0 unspecified atom stereocenters. The molecule has 0 saturated carbocycles. The van der Waals surface area contributed by atoms with Crippen molar-refractivity contribution in [2.75, 3.05) is 14.2 Å². The Balaban J connectivity index is 1.58. The molecule has 3 aromatic rings. The minimum absolute atomic E-state index is 0.113. The van der Waals surface area contributed by atoms with Crippen molar-refractivity contribution in [3.63, 3.8) is 0 Å². The van der Waals surface area contributed by atoms with E-state index in [1.165, 1.54) is 0 Å². The molecule has 0 amide bonds. The maximum absolute atomic E-state index is 6.41. The number of rotatable bonds is 4. The fourth-order valence-electron chi connectivity index (χ4n) is 4.10. The standard InChI is InChI=1S/C24H21BrN2O3/c1-28-22-11-10-15(13-23(22)29-2)19-14-20-18-8-3-4-9-21(18)30-24(27(20)26-19)16-6-5-7-17(25)12-16/h3-13,20,24H,14H2,1-2H3/t20-,24-/m0/s1. The van der Waals surface area contributed by atoms with Crippen molar-refractivity contribution in [2.24, 2.45) is 5.10 Å². The van der Waals surface area contributed by atoms with Crippen molar-refractivity contribution in [3.05, 3.63) is 87.9 Å². The number of hydrogen-bond donors (Lipinski definition) is 0. The van der Waals surface area contributed by atoms with Crippen molar-refractivity contribution in [2.45, 2.75) is 18.7 Å². The Kier molecular flexibility index (Phi) is 4.87. The van der Waals surface area contributed by atoms with Gasteiger partial charge in [0.1, 0.15) is 5.75 Å². The lowest BCUT2D eigenvalue weighted by molar-refractivity contribution is -0.0190. The van der Waals surface area contributed by atoms with Gasteiger partial charge in [-0.2, -0.15) is 5.10 Å². The molecule has 0 aromatic heterocycles. The third-order valence-electron chi connectivity index (χ3n) is 5.55. The normalized spacial score (nSPS) is 19.4. The van der Waals surface area contributed by atoms with E-state index in [1.807, 2.05) is 48.5 Å². The van der Waals surface area contributed by atoms with Gasteiger partial charge >= 0.3 is 0 Å². The van der Waals surface area contributed by atoms with Gasteiger partial charge in [0.15, 0.2) is 11.5 Å². The molecule has 152 valence electrons. The van der Waals surface area contributed by atoms with Crippen molar-refractivity contribution < 1.29 is 14.2 Å². The number of hydrogen-bond acceptors (Lipinski definition) is 5. The van der Waals surface area contributed by atoms with E-state index in [0.29, 0.717) is 11.5 Å². The summed E-state index contributed by atoms with van der Waals surface area (Å²) in [6, 6.07) is 22.5. The molecule has 2 aliphatic heterocycles. The summed E-state index contributed by atoms with van der Waals surface area (Å²) >= 11 is 3.58. The van der Waals surface area contributed by atoms with Gasteiger partial charge in [0.25, 0.3) is 0 Å². The highest BCUT2D eigenvalue weighted by atomic mass is 79.9. The van der Waals surface area contributed by atoms with Gasteiger partial charge in [0.05, 0.1) is 26.0 Å². The molecule has 0 N–H and O–H groups in total. The van der Waals surface area contributed by atoms with Gasteiger partial charge < -0.3 is 14.2 Å². The summed E-state index contributed by atoms with van der Waals surface area (Å²) in [6.07, 6.45) is 0.500. The van der Waals surface area contributed by atoms with Crippen LogP contribution in [0.2, 0.25) is 0 Å². The Morgan fingerprint density at radius 1 is 0.967 bits per heavy atom. The van der Waals surface area contributed by atoms with Crippen LogP contribution in [-0.4, -0.2) is 24.9 Å². The fourth-order valence-corrected chi connectivity index (χ4v) is 4.52. The third kappa shape index (κ3) is 3.21. The van der Waals surface area contributed by atoms with E-state index in [-0.39, 0.29) is 12.3 Å². The second-order valence-corrected chi connectivity index (χ2v) is 8.20. The number of methoxy groups -OCH3 is 2. The molecule has 0 aliphatic carbocycles. The molecule has 30 heavy (non-hydrogen) atoms. The average molecular weight is 465 g/mol. The van der Waals surface area contributed by atoms with Gasteiger partial charge in [-0.25, -0.2) is 5.01 Å². The lowest BCUT2D eigenvalue weighted by atomic mass is 9.96. The molecule has 5 nitrogen and oxygen atoms in total. The largest absolute Gasteiger partial charge is 0.493 e. The van der Waals surface area contributed by atoms with Gasteiger partial charge in [-0.15, -0.1) is 0 Å². The smallest absolute Gasteiger partial charge is 0.213 e. The summed E-state index contributed by atoms with van der Waals surface area (Å²) in [5.41, 5.74) is 4.23. The van der Waals surface area contributed by atoms with Crippen molar-refractivity contribution in [1.29, 1.82) is 0 Å². The lowest BCUT2D eigenvalue weighted by Crippen LogP contribution is -2.33. The molecule has 3 aromatic carbocycles. The summed E-state index contributed by atoms with van der Waals surface area (Å²) in [7, 11) is 3.29. The molecular formula is C24H21BrN2O3. The van der Waals surface area contributed by atoms with Crippen LogP contribution >= 0.6 is 15.9 Å². The van der Waals surface area contributed by atoms with Crippen LogP contribution < -0.4 is 14.2 Å². The molecule has 0 fully saturated rings. The average Bonchev–Trinajstić information content (AvgIpc) is 3.24. The molecule has 2 heterocycles. The van der Waals surface area contributed by atoms with E-state index < -0.39 is 0 Å². The summed E-state index contributed by atoms with van der Waals surface area (Å²) < 4.78 is 18.3. The second kappa shape index (κ2) is 7.69. The maximum atomic E-state index is 6.41. The van der Waals surface area contributed by atoms with E-state index >= 15 is 0 Å². The summed E-state index contributed by atoms with van der Waals surface area (Å²) in [5.74, 6) is 2.31. The zero-order valence-corrected chi connectivity index (χ0v) is 18.3. The molecule has 0 saturated heterocycles. The Hall–Kier alpha value is -2.99. The van der Waals surface area contributed by atoms with Crippen molar-refractivity contribution in [3.8, 4) is 17.2 Å². The van der Waals surface area contributed by atoms with Crippen LogP contribution in [0.1, 0.15) is 35.4 Å². The zero-order valence-electron chi connectivity index (χ0n) is 16.7. The topological polar surface area (TPSA) is 43.3 Å². The number of benzene rings is 3. The highest BCUT2D eigenvalue weighted by Crippen LogP contribution is 2.47. The van der Waals surface area contributed by atoms with Crippen molar-refractivity contribution >= 4 is 21.6 Å². The van der Waals surface area contributed by atoms with Crippen LogP contribution in [0.5, 0.6) is 17.2 Å². The minimum Gasteiger partial charge on any atom is -0.493 e. The molecule has 5 rings (SSSR count). The Labute approximate surface area is 184 Å². The van der Waals surface area contributed by atoms with Crippen LogP contribution in [0.3, 0.4) is 0 Å². The molecule has 0 spiro atoms. The monoisotopic (exact) mass is 464 g/mol. The molecular weight excluding hydrogens is 444 g/mol. The number of nitrogens with zero attached hydrogens (tertiary/aromatic N) is 2. The fraction of sp³-hybridized carbons (Fsp3) is 0.208. The van der Waals surface area contributed by atoms with E-state index in [9.17, 15) is 0 Å². The molecule has 0 radical (unpaired) electrons. The highest BCUT2D eigenvalue weighted by molar-refractivity contribution is 9.10. The number of ether oxygens (including phenoxy) is 3. The number of para-hydroxylation sites is 1. The molecule has 0 bridgehead atoms. The van der Waals surface area contributed by atoms with E-state index in [4.69, 9.17) is 19.3 Å².